The SMILES string of the molecule is CC/C=C\C/C=C\C/C=C\C/C=C\C/C=C\CCCC(=O)OCC(COC1OC(C(=O)O)C(O)C(O)C1OC(=O)CCC/C=C\C/C=C\C/C=C\C/C=C\C/C=C\CC)OC(=O)CCCCCCC/C=C\CCCCCC. The van der Waals surface area contributed by atoms with Crippen molar-refractivity contribution < 1.29 is 58.2 Å². The van der Waals surface area contributed by atoms with E-state index in [1.54, 1.807) is 0 Å². The smallest absolute Gasteiger partial charge is 0.335 e. The first-order valence-corrected chi connectivity index (χ1v) is 29.2. The molecule has 1 fully saturated rings. The minimum Gasteiger partial charge on any atom is -0.479 e. The number of carbonyl (C=O) groups is 4. The number of aliphatic carboxylic acids is 1. The monoisotopic (exact) mass is 1070 g/mol. The fraction of sp³-hybridized carbons (Fsp3) is 0.600. The summed E-state index contributed by atoms with van der Waals surface area (Å²) < 4.78 is 28.3. The fourth-order valence-corrected chi connectivity index (χ4v) is 7.78. The number of aliphatic hydroxyl groups excluding tert-OH is 2. The largest absolute Gasteiger partial charge is 0.479 e. The molecule has 432 valence electrons. The third-order valence-corrected chi connectivity index (χ3v) is 12.2. The number of carbonyl (C=O) groups excluding carboxylic acids is 3. The van der Waals surface area contributed by atoms with Crippen LogP contribution in [-0.4, -0.2) is 89.2 Å². The average molecular weight is 1070 g/mol. The number of hydrogen-bond acceptors (Lipinski definition) is 11. The Hall–Kier alpha value is -5.14. The molecule has 1 aliphatic heterocycles. The maximum atomic E-state index is 13.1. The fourth-order valence-electron chi connectivity index (χ4n) is 7.78. The Morgan fingerprint density at radius 2 is 0.831 bits per heavy atom. The molecule has 0 aliphatic carbocycles. The average Bonchev–Trinajstić information content (AvgIpc) is 3.42. The van der Waals surface area contributed by atoms with Crippen molar-refractivity contribution in [3.8, 4) is 0 Å². The lowest BCUT2D eigenvalue weighted by atomic mass is 9.98. The lowest BCUT2D eigenvalue weighted by Gasteiger charge is -2.40. The molecule has 1 saturated heterocycles. The highest BCUT2D eigenvalue weighted by atomic mass is 16.7. The molecular weight excluding hydrogens is 973 g/mol. The standard InChI is InChI=1S/C65H100O12/c1-4-7-10-13-16-19-22-25-27-29-31-34-36-39-42-45-48-51-57(66)73-54-56(75-58(67)52-49-46-43-40-37-33-24-21-18-15-12-9-6-3)55-74-65-63(61(70)60(69)62(77-65)64(71)72)76-59(68)53-50-47-44-41-38-35-32-30-28-26-23-20-17-14-11-8-5-2/h7-8,10-11,16-17,19-21,24-28,31-32,34-35,39,41-42,44,56,60-63,65,69-70H,4-6,9,12-15,18,22-23,29-30,33,36-38,40,43,45-55H2,1-3H3,(H,71,72)/b10-7-,11-8-,19-16-,20-17-,24-21-,27-25-,28-26-,34-31-,35-32-,42-39-,44-41-. The van der Waals surface area contributed by atoms with Gasteiger partial charge in [0.25, 0.3) is 0 Å². The van der Waals surface area contributed by atoms with Crippen molar-refractivity contribution in [1.82, 2.24) is 0 Å². The molecular formula is C65H100O12. The molecule has 0 aromatic carbocycles. The summed E-state index contributed by atoms with van der Waals surface area (Å²) in [4.78, 5) is 51.1. The van der Waals surface area contributed by atoms with Crippen LogP contribution in [0.1, 0.15) is 201 Å². The summed E-state index contributed by atoms with van der Waals surface area (Å²) in [6.07, 6.45) is 60.0. The van der Waals surface area contributed by atoms with Gasteiger partial charge in [0, 0.05) is 19.3 Å². The summed E-state index contributed by atoms with van der Waals surface area (Å²) in [5.74, 6) is -3.31. The molecule has 0 amide bonds. The Kier molecular flexibility index (Phi) is 46.8. The predicted molar refractivity (Wildman–Crippen MR) is 312 cm³/mol. The van der Waals surface area contributed by atoms with Crippen LogP contribution in [0.25, 0.3) is 0 Å². The van der Waals surface area contributed by atoms with E-state index in [9.17, 15) is 34.5 Å². The Bertz CT molecular complexity index is 1850. The molecule has 12 heteroatoms. The minimum absolute atomic E-state index is 0.0315. The second-order valence-electron chi connectivity index (χ2n) is 19.2. The number of hydrogen-bond donors (Lipinski definition) is 3. The Morgan fingerprint density at radius 3 is 1.30 bits per heavy atom. The van der Waals surface area contributed by atoms with Crippen LogP contribution in [0.5, 0.6) is 0 Å². The van der Waals surface area contributed by atoms with Crippen LogP contribution in [0.3, 0.4) is 0 Å². The summed E-state index contributed by atoms with van der Waals surface area (Å²) in [5, 5.41) is 31.5. The Morgan fingerprint density at radius 1 is 0.442 bits per heavy atom. The lowest BCUT2D eigenvalue weighted by Crippen LogP contribution is -2.61. The van der Waals surface area contributed by atoms with Crippen molar-refractivity contribution in [1.29, 1.82) is 0 Å². The number of esters is 3. The van der Waals surface area contributed by atoms with Crippen LogP contribution in [0.2, 0.25) is 0 Å². The van der Waals surface area contributed by atoms with Crippen molar-refractivity contribution in [3.05, 3.63) is 134 Å². The van der Waals surface area contributed by atoms with E-state index in [2.05, 4.69) is 136 Å². The van der Waals surface area contributed by atoms with E-state index >= 15 is 0 Å². The van der Waals surface area contributed by atoms with Crippen LogP contribution in [0, 0.1) is 0 Å². The summed E-state index contributed by atoms with van der Waals surface area (Å²) >= 11 is 0. The van der Waals surface area contributed by atoms with Gasteiger partial charge in [0.2, 0.25) is 0 Å². The van der Waals surface area contributed by atoms with Crippen LogP contribution < -0.4 is 0 Å². The van der Waals surface area contributed by atoms with E-state index < -0.39 is 67.3 Å². The molecule has 1 rings (SSSR count). The van der Waals surface area contributed by atoms with E-state index in [1.807, 2.05) is 18.2 Å². The highest BCUT2D eigenvalue weighted by Gasteiger charge is 2.50. The first-order valence-electron chi connectivity index (χ1n) is 29.2. The first-order chi connectivity index (χ1) is 37.6. The van der Waals surface area contributed by atoms with Crippen LogP contribution in [-0.2, 0) is 42.9 Å². The van der Waals surface area contributed by atoms with E-state index in [1.165, 1.54) is 25.7 Å². The molecule has 0 radical (unpaired) electrons. The zero-order valence-corrected chi connectivity index (χ0v) is 47.4. The molecule has 1 aliphatic rings. The lowest BCUT2D eigenvalue weighted by molar-refractivity contribution is -0.301. The van der Waals surface area contributed by atoms with Gasteiger partial charge in [-0.1, -0.05) is 193 Å². The first kappa shape index (κ1) is 69.9. The van der Waals surface area contributed by atoms with Crippen molar-refractivity contribution in [3.63, 3.8) is 0 Å². The molecule has 77 heavy (non-hydrogen) atoms. The van der Waals surface area contributed by atoms with Gasteiger partial charge in [-0.25, -0.2) is 4.79 Å². The number of unbranched alkanes of at least 4 members (excludes halogenated alkanes) is 11. The summed E-state index contributed by atoms with van der Waals surface area (Å²) in [6, 6.07) is 0. The van der Waals surface area contributed by atoms with Gasteiger partial charge in [0.1, 0.15) is 18.8 Å². The van der Waals surface area contributed by atoms with Crippen LogP contribution >= 0.6 is 0 Å². The normalized spacial score (nSPS) is 19.0. The Balaban J connectivity index is 2.78. The van der Waals surface area contributed by atoms with Crippen molar-refractivity contribution >= 4 is 23.9 Å². The second kappa shape index (κ2) is 51.6. The molecule has 0 spiro atoms. The van der Waals surface area contributed by atoms with E-state index in [0.717, 1.165) is 103 Å². The number of ether oxygens (including phenoxy) is 5. The summed E-state index contributed by atoms with van der Waals surface area (Å²) in [7, 11) is 0. The zero-order chi connectivity index (χ0) is 56.1. The topological polar surface area (TPSA) is 175 Å². The van der Waals surface area contributed by atoms with Gasteiger partial charge in [-0.05, 0) is 122 Å². The predicted octanol–water partition coefficient (Wildman–Crippen LogP) is 15.0. The zero-order valence-electron chi connectivity index (χ0n) is 47.4. The maximum Gasteiger partial charge on any atom is 0.335 e. The molecule has 1 heterocycles. The molecule has 3 N–H and O–H groups in total. The summed E-state index contributed by atoms with van der Waals surface area (Å²) in [6.45, 7) is 5.65. The molecule has 6 atom stereocenters. The van der Waals surface area contributed by atoms with Gasteiger partial charge < -0.3 is 39.0 Å². The molecule has 0 aromatic rings. The van der Waals surface area contributed by atoms with Gasteiger partial charge >= 0.3 is 23.9 Å². The van der Waals surface area contributed by atoms with Crippen molar-refractivity contribution in [2.24, 2.45) is 0 Å². The van der Waals surface area contributed by atoms with Crippen LogP contribution in [0.4, 0.5) is 0 Å². The van der Waals surface area contributed by atoms with Gasteiger partial charge in [0.15, 0.2) is 24.6 Å². The number of aliphatic hydroxyl groups is 2. The van der Waals surface area contributed by atoms with Gasteiger partial charge in [-0.3, -0.25) is 14.4 Å². The van der Waals surface area contributed by atoms with Crippen molar-refractivity contribution in [2.45, 2.75) is 237 Å². The second-order valence-corrected chi connectivity index (χ2v) is 19.2. The number of rotatable bonds is 47. The molecule has 12 nitrogen and oxygen atoms in total. The highest BCUT2D eigenvalue weighted by molar-refractivity contribution is 5.74. The molecule has 0 saturated carbocycles. The van der Waals surface area contributed by atoms with Gasteiger partial charge in [0.05, 0.1) is 6.61 Å². The van der Waals surface area contributed by atoms with E-state index in [0.29, 0.717) is 32.1 Å². The number of carboxylic acids is 1. The minimum atomic E-state index is -1.94. The molecule has 0 bridgehead atoms. The molecule has 0 aromatic heterocycles. The maximum absolute atomic E-state index is 13.1. The van der Waals surface area contributed by atoms with Crippen molar-refractivity contribution in [2.75, 3.05) is 13.2 Å². The Labute approximate surface area is 464 Å². The highest BCUT2D eigenvalue weighted by Crippen LogP contribution is 2.26. The molecule has 6 unspecified atom stereocenters. The van der Waals surface area contributed by atoms with Gasteiger partial charge in [-0.2, -0.15) is 0 Å². The van der Waals surface area contributed by atoms with E-state index in [4.69, 9.17) is 23.7 Å². The number of carboxylic acid groups (broad SMARTS) is 1. The van der Waals surface area contributed by atoms with E-state index in [-0.39, 0.29) is 25.9 Å². The third-order valence-electron chi connectivity index (χ3n) is 12.2. The number of allylic oxidation sites excluding steroid dienone is 22. The van der Waals surface area contributed by atoms with Crippen LogP contribution in [0.15, 0.2) is 134 Å². The third kappa shape index (κ3) is 41.6. The van der Waals surface area contributed by atoms with Gasteiger partial charge in [-0.15, -0.1) is 0 Å². The quantitative estimate of drug-likeness (QED) is 0.0228. The summed E-state index contributed by atoms with van der Waals surface area (Å²) in [5.41, 5.74) is 0.